The van der Waals surface area contributed by atoms with Crippen molar-refractivity contribution in [3.8, 4) is 11.6 Å². The fourth-order valence-corrected chi connectivity index (χ4v) is 2.75. The van der Waals surface area contributed by atoms with Gasteiger partial charge in [-0.05, 0) is 54.8 Å². The number of rotatable bonds is 6. The molecular formula is C21H20FN3O3. The summed E-state index contributed by atoms with van der Waals surface area (Å²) in [4.78, 5) is 30.6. The Hall–Kier alpha value is -3.48. The lowest BCUT2D eigenvalue weighted by atomic mass is 10.1. The molecule has 6 nitrogen and oxygen atoms in total. The minimum atomic E-state index is -0.827. The smallest absolute Gasteiger partial charge is 0.335 e. The first-order valence-corrected chi connectivity index (χ1v) is 8.97. The third-order valence-electron chi connectivity index (χ3n) is 4.30. The minimum Gasteiger partial charge on any atom is -0.493 e. The first kappa shape index (κ1) is 19.3. The lowest BCUT2D eigenvalue weighted by Gasteiger charge is -2.09. The van der Waals surface area contributed by atoms with Crippen LogP contribution in [-0.2, 0) is 6.42 Å². The Balaban J connectivity index is 1.95. The quantitative estimate of drug-likeness (QED) is 0.641. The van der Waals surface area contributed by atoms with Gasteiger partial charge >= 0.3 is 5.69 Å². The van der Waals surface area contributed by atoms with Crippen LogP contribution in [0.3, 0.4) is 0 Å². The normalized spacial score (nSPS) is 11.2. The van der Waals surface area contributed by atoms with Crippen molar-refractivity contribution >= 4 is 11.9 Å². The first-order chi connectivity index (χ1) is 13.5. The fraction of sp³-hybridized carbons (Fsp3) is 0.190. The van der Waals surface area contributed by atoms with Gasteiger partial charge < -0.3 is 5.11 Å². The Kier molecular flexibility index (Phi) is 5.84. The fourth-order valence-electron chi connectivity index (χ4n) is 2.75. The van der Waals surface area contributed by atoms with E-state index in [9.17, 15) is 19.1 Å². The molecule has 0 saturated heterocycles. The summed E-state index contributed by atoms with van der Waals surface area (Å²) >= 11 is 0. The van der Waals surface area contributed by atoms with Crippen molar-refractivity contribution in [3.05, 3.63) is 86.3 Å². The monoisotopic (exact) mass is 381 g/mol. The van der Waals surface area contributed by atoms with Gasteiger partial charge in [-0.3, -0.25) is 14.8 Å². The molecule has 3 rings (SSSR count). The Labute approximate surface area is 160 Å². The van der Waals surface area contributed by atoms with Crippen molar-refractivity contribution in [2.24, 2.45) is 4.99 Å². The van der Waals surface area contributed by atoms with Gasteiger partial charge in [0.15, 0.2) is 0 Å². The van der Waals surface area contributed by atoms with E-state index in [-0.39, 0.29) is 11.3 Å². The molecule has 0 spiro atoms. The van der Waals surface area contributed by atoms with Crippen LogP contribution in [0.1, 0.15) is 30.9 Å². The molecule has 0 amide bonds. The summed E-state index contributed by atoms with van der Waals surface area (Å²) in [6, 6.07) is 12.5. The molecule has 1 heterocycles. The topological polar surface area (TPSA) is 87.4 Å². The van der Waals surface area contributed by atoms with Crippen LogP contribution in [0, 0.1) is 5.82 Å². The number of aromatic amines is 1. The van der Waals surface area contributed by atoms with Gasteiger partial charge in [0.2, 0.25) is 5.88 Å². The van der Waals surface area contributed by atoms with E-state index in [4.69, 9.17) is 0 Å². The van der Waals surface area contributed by atoms with E-state index in [1.54, 1.807) is 0 Å². The van der Waals surface area contributed by atoms with Gasteiger partial charge in [-0.1, -0.05) is 25.5 Å². The number of aromatic nitrogens is 2. The van der Waals surface area contributed by atoms with Gasteiger partial charge in [-0.2, -0.15) is 0 Å². The number of aliphatic imine (C=N–C) groups is 1. The number of nitrogens with zero attached hydrogens (tertiary/aromatic N) is 2. The number of halogens is 1. The molecule has 0 atom stereocenters. The van der Waals surface area contributed by atoms with Gasteiger partial charge in [0.25, 0.3) is 5.56 Å². The molecule has 3 aromatic rings. The molecule has 0 bridgehead atoms. The maximum atomic E-state index is 13.1. The summed E-state index contributed by atoms with van der Waals surface area (Å²) < 4.78 is 14.0. The van der Waals surface area contributed by atoms with Crippen LogP contribution < -0.4 is 11.2 Å². The second-order valence-corrected chi connectivity index (χ2v) is 6.34. The minimum absolute atomic E-state index is 0.168. The highest BCUT2D eigenvalue weighted by molar-refractivity contribution is 5.84. The average molecular weight is 381 g/mol. The van der Waals surface area contributed by atoms with Crippen LogP contribution in [0.2, 0.25) is 0 Å². The van der Waals surface area contributed by atoms with E-state index >= 15 is 0 Å². The summed E-state index contributed by atoms with van der Waals surface area (Å²) in [5.74, 6) is -1.05. The second kappa shape index (κ2) is 8.47. The highest BCUT2D eigenvalue weighted by Crippen LogP contribution is 2.18. The van der Waals surface area contributed by atoms with Gasteiger partial charge in [-0.15, -0.1) is 0 Å². The maximum absolute atomic E-state index is 13.1. The molecular weight excluding hydrogens is 361 g/mol. The number of hydrogen-bond acceptors (Lipinski definition) is 4. The van der Waals surface area contributed by atoms with E-state index in [1.807, 2.05) is 24.3 Å². The van der Waals surface area contributed by atoms with Gasteiger partial charge in [0, 0.05) is 6.21 Å². The van der Waals surface area contributed by atoms with Crippen molar-refractivity contribution in [1.82, 2.24) is 9.55 Å². The lowest BCUT2D eigenvalue weighted by molar-refractivity contribution is 0.430. The molecule has 0 aliphatic heterocycles. The Morgan fingerprint density at radius 3 is 2.43 bits per heavy atom. The summed E-state index contributed by atoms with van der Waals surface area (Å²) in [6.45, 7) is 2.13. The zero-order chi connectivity index (χ0) is 20.1. The van der Waals surface area contributed by atoms with Crippen molar-refractivity contribution < 1.29 is 9.50 Å². The number of aromatic hydroxyl groups is 1. The molecule has 0 aliphatic carbocycles. The largest absolute Gasteiger partial charge is 0.493 e. The zero-order valence-electron chi connectivity index (χ0n) is 15.4. The van der Waals surface area contributed by atoms with Crippen molar-refractivity contribution in [2.75, 3.05) is 0 Å². The van der Waals surface area contributed by atoms with E-state index < -0.39 is 22.9 Å². The van der Waals surface area contributed by atoms with Crippen LogP contribution in [0.25, 0.3) is 5.69 Å². The summed E-state index contributed by atoms with van der Waals surface area (Å²) in [6.07, 6.45) is 4.42. The van der Waals surface area contributed by atoms with Crippen LogP contribution in [-0.4, -0.2) is 20.9 Å². The lowest BCUT2D eigenvalue weighted by Crippen LogP contribution is -2.31. The molecule has 2 aromatic carbocycles. The number of unbranched alkanes of at least 4 members (excludes halogenated alkanes) is 1. The highest BCUT2D eigenvalue weighted by Gasteiger charge is 2.14. The number of hydrogen-bond donors (Lipinski definition) is 2. The van der Waals surface area contributed by atoms with Crippen LogP contribution >= 0.6 is 0 Å². The van der Waals surface area contributed by atoms with Gasteiger partial charge in [-0.25, -0.2) is 13.8 Å². The number of H-pyrrole nitrogens is 1. The van der Waals surface area contributed by atoms with E-state index in [0.29, 0.717) is 5.69 Å². The first-order valence-electron chi connectivity index (χ1n) is 8.97. The summed E-state index contributed by atoms with van der Waals surface area (Å²) in [5, 5.41) is 10.5. The second-order valence-electron chi connectivity index (χ2n) is 6.34. The zero-order valence-corrected chi connectivity index (χ0v) is 15.4. The molecule has 7 heteroatoms. The van der Waals surface area contributed by atoms with E-state index in [1.165, 1.54) is 23.9 Å². The predicted octanol–water partition coefficient (Wildman–Crippen LogP) is 3.46. The molecule has 144 valence electrons. The Morgan fingerprint density at radius 1 is 1.11 bits per heavy atom. The number of benzene rings is 2. The average Bonchev–Trinajstić information content (AvgIpc) is 2.68. The number of aryl methyl sites for hydroxylation is 1. The van der Waals surface area contributed by atoms with Crippen molar-refractivity contribution in [1.29, 1.82) is 0 Å². The van der Waals surface area contributed by atoms with Crippen molar-refractivity contribution in [3.63, 3.8) is 0 Å². The van der Waals surface area contributed by atoms with Gasteiger partial charge in [0.1, 0.15) is 11.4 Å². The van der Waals surface area contributed by atoms with Crippen LogP contribution in [0.4, 0.5) is 10.1 Å². The standard InChI is InChI=1S/C21H20FN3O3/c1-2-3-4-14-5-9-16(10-6-14)23-13-18-19(26)24-21(28)25(20(18)27)17-11-7-15(22)8-12-17/h5-13,27H,2-4H2,1H3,(H,24,26,28). The van der Waals surface area contributed by atoms with E-state index in [2.05, 4.69) is 16.9 Å². The Bertz CT molecular complexity index is 1100. The highest BCUT2D eigenvalue weighted by atomic mass is 19.1. The van der Waals surface area contributed by atoms with E-state index in [0.717, 1.165) is 36.0 Å². The number of nitrogens with one attached hydrogen (secondary N) is 1. The molecule has 0 saturated carbocycles. The predicted molar refractivity (Wildman–Crippen MR) is 107 cm³/mol. The van der Waals surface area contributed by atoms with Crippen LogP contribution in [0.15, 0.2) is 63.1 Å². The molecule has 0 radical (unpaired) electrons. The molecule has 1 aromatic heterocycles. The molecule has 0 unspecified atom stereocenters. The molecule has 28 heavy (non-hydrogen) atoms. The Morgan fingerprint density at radius 2 is 1.79 bits per heavy atom. The molecule has 0 fully saturated rings. The maximum Gasteiger partial charge on any atom is 0.335 e. The van der Waals surface area contributed by atoms with Crippen LogP contribution in [0.5, 0.6) is 5.88 Å². The third kappa shape index (κ3) is 4.25. The summed E-state index contributed by atoms with van der Waals surface area (Å²) in [7, 11) is 0. The SMILES string of the molecule is CCCCc1ccc(N=Cc2c(O)n(-c3ccc(F)cc3)c(=O)[nH]c2=O)cc1. The van der Waals surface area contributed by atoms with Crippen molar-refractivity contribution in [2.45, 2.75) is 26.2 Å². The third-order valence-corrected chi connectivity index (χ3v) is 4.30. The molecule has 0 aliphatic rings. The molecule has 2 N–H and O–H groups in total. The summed E-state index contributed by atoms with van der Waals surface area (Å²) in [5.41, 5.74) is 0.273. The van der Waals surface area contributed by atoms with Gasteiger partial charge in [0.05, 0.1) is 11.4 Å².